The molecule has 136 valence electrons. The molecule has 2 aromatic rings. The van der Waals surface area contributed by atoms with Gasteiger partial charge in [0.15, 0.2) is 5.82 Å². The number of rotatable bonds is 3. The number of aryl methyl sites for hydroxylation is 2. The zero-order chi connectivity index (χ0) is 17.9. The third-order valence-electron chi connectivity index (χ3n) is 5.26. The van der Waals surface area contributed by atoms with E-state index in [9.17, 15) is 9.18 Å². The minimum atomic E-state index is -0.300. The van der Waals surface area contributed by atoms with Gasteiger partial charge < -0.3 is 9.80 Å². The molecule has 1 aliphatic carbocycles. The zero-order valence-corrected chi connectivity index (χ0v) is 14.8. The normalized spacial score (nSPS) is 17.1. The zero-order valence-electron chi connectivity index (χ0n) is 14.8. The smallest absolute Gasteiger partial charge is 0.227 e. The van der Waals surface area contributed by atoms with E-state index in [1.165, 1.54) is 30.5 Å². The minimum Gasteiger partial charge on any atom is -0.352 e. The maximum absolute atomic E-state index is 13.3. The summed E-state index contributed by atoms with van der Waals surface area (Å²) in [6, 6.07) is 8.43. The Hall–Kier alpha value is -2.50. The van der Waals surface area contributed by atoms with E-state index >= 15 is 0 Å². The van der Waals surface area contributed by atoms with Crippen LogP contribution in [-0.2, 0) is 24.1 Å². The Morgan fingerprint density at radius 3 is 2.65 bits per heavy atom. The number of carbonyl (C=O) groups excluding carboxylic acids is 1. The number of anilines is 1. The number of hydrogen-bond acceptors (Lipinski definition) is 4. The van der Waals surface area contributed by atoms with Gasteiger partial charge in [-0.1, -0.05) is 12.1 Å². The van der Waals surface area contributed by atoms with Gasteiger partial charge in [-0.25, -0.2) is 4.39 Å². The lowest BCUT2D eigenvalue weighted by Gasteiger charge is -2.35. The van der Waals surface area contributed by atoms with Crippen LogP contribution < -0.4 is 4.90 Å². The topological polar surface area (TPSA) is 49.3 Å². The molecule has 1 aromatic carbocycles. The summed E-state index contributed by atoms with van der Waals surface area (Å²) < 4.78 is 13.3. The molecule has 6 heteroatoms. The summed E-state index contributed by atoms with van der Waals surface area (Å²) in [5.74, 6) is 0.667. The molecule has 0 saturated carbocycles. The average molecular weight is 354 g/mol. The van der Waals surface area contributed by atoms with Gasteiger partial charge in [-0.2, -0.15) is 5.10 Å². The number of carbonyl (C=O) groups is 1. The lowest BCUT2D eigenvalue weighted by molar-refractivity contribution is -0.130. The molecule has 0 radical (unpaired) electrons. The van der Waals surface area contributed by atoms with Gasteiger partial charge in [0.05, 0.1) is 12.1 Å². The fourth-order valence-corrected chi connectivity index (χ4v) is 3.75. The highest BCUT2D eigenvalue weighted by Gasteiger charge is 2.23. The molecule has 0 unspecified atom stereocenters. The Balaban J connectivity index is 1.36. The number of hydrogen-bond donors (Lipinski definition) is 0. The van der Waals surface area contributed by atoms with Crippen LogP contribution in [0.15, 0.2) is 30.3 Å². The summed E-state index contributed by atoms with van der Waals surface area (Å²) in [5.41, 5.74) is 3.19. The van der Waals surface area contributed by atoms with Crippen LogP contribution >= 0.6 is 0 Å². The third-order valence-corrected chi connectivity index (χ3v) is 5.26. The van der Waals surface area contributed by atoms with Crippen LogP contribution in [0.2, 0.25) is 0 Å². The third kappa shape index (κ3) is 3.69. The van der Waals surface area contributed by atoms with Gasteiger partial charge in [-0.15, -0.1) is 5.10 Å². The van der Waals surface area contributed by atoms with Crippen LogP contribution in [0.3, 0.4) is 0 Å². The van der Waals surface area contributed by atoms with Crippen molar-refractivity contribution in [1.82, 2.24) is 15.1 Å². The molecule has 4 rings (SSSR count). The Morgan fingerprint density at radius 1 is 1.04 bits per heavy atom. The van der Waals surface area contributed by atoms with Crippen molar-refractivity contribution in [2.24, 2.45) is 0 Å². The molecule has 1 amide bonds. The molecule has 0 N–H and O–H groups in total. The summed E-state index contributed by atoms with van der Waals surface area (Å²) in [7, 11) is 0. The second-order valence-corrected chi connectivity index (χ2v) is 7.06. The van der Waals surface area contributed by atoms with E-state index in [0.717, 1.165) is 43.0 Å². The fraction of sp³-hybridized carbons (Fsp3) is 0.450. The van der Waals surface area contributed by atoms with Crippen molar-refractivity contribution in [3.8, 4) is 0 Å². The van der Waals surface area contributed by atoms with E-state index in [1.54, 1.807) is 12.1 Å². The highest BCUT2D eigenvalue weighted by Crippen LogP contribution is 2.23. The number of amides is 1. The first-order chi connectivity index (χ1) is 12.7. The van der Waals surface area contributed by atoms with Crippen molar-refractivity contribution in [3.05, 3.63) is 53.0 Å². The molecule has 26 heavy (non-hydrogen) atoms. The minimum absolute atomic E-state index is 0.0479. The summed E-state index contributed by atoms with van der Waals surface area (Å²) >= 11 is 0. The first kappa shape index (κ1) is 16.9. The number of piperazine rings is 1. The molecule has 5 nitrogen and oxygen atoms in total. The van der Waals surface area contributed by atoms with Crippen LogP contribution in [-0.4, -0.2) is 47.2 Å². The lowest BCUT2D eigenvalue weighted by Crippen LogP contribution is -2.49. The number of aromatic nitrogens is 2. The quantitative estimate of drug-likeness (QED) is 0.849. The predicted octanol–water partition coefficient (Wildman–Crippen LogP) is 2.39. The maximum Gasteiger partial charge on any atom is 0.227 e. The van der Waals surface area contributed by atoms with Gasteiger partial charge >= 0.3 is 0 Å². The molecular weight excluding hydrogens is 331 g/mol. The summed E-state index contributed by atoms with van der Waals surface area (Å²) in [6.07, 6.45) is 4.79. The van der Waals surface area contributed by atoms with E-state index in [1.807, 2.05) is 4.90 Å². The van der Waals surface area contributed by atoms with Crippen molar-refractivity contribution < 1.29 is 9.18 Å². The molecule has 1 aromatic heterocycles. The van der Waals surface area contributed by atoms with E-state index in [2.05, 4.69) is 21.2 Å². The van der Waals surface area contributed by atoms with Crippen molar-refractivity contribution >= 4 is 11.7 Å². The highest BCUT2D eigenvalue weighted by molar-refractivity contribution is 5.79. The Labute approximate surface area is 152 Å². The number of fused-ring (bicyclic) bond motifs is 1. The summed E-state index contributed by atoms with van der Waals surface area (Å²) in [4.78, 5) is 16.5. The van der Waals surface area contributed by atoms with E-state index in [0.29, 0.717) is 13.1 Å². The number of halogens is 1. The Kier molecular flexibility index (Phi) is 4.82. The first-order valence-corrected chi connectivity index (χ1v) is 9.32. The Morgan fingerprint density at radius 2 is 1.85 bits per heavy atom. The molecular formula is C20H23FN4O. The van der Waals surface area contributed by atoms with Crippen molar-refractivity contribution in [2.45, 2.75) is 32.1 Å². The van der Waals surface area contributed by atoms with Crippen LogP contribution in [0.25, 0.3) is 0 Å². The predicted molar refractivity (Wildman–Crippen MR) is 97.6 cm³/mol. The number of benzene rings is 1. The lowest BCUT2D eigenvalue weighted by atomic mass is 9.97. The van der Waals surface area contributed by atoms with Gasteiger partial charge in [-0.05, 0) is 55.0 Å². The van der Waals surface area contributed by atoms with Crippen molar-refractivity contribution in [3.63, 3.8) is 0 Å². The van der Waals surface area contributed by atoms with Crippen LogP contribution in [0.5, 0.6) is 0 Å². The monoisotopic (exact) mass is 354 g/mol. The molecule has 0 spiro atoms. The van der Waals surface area contributed by atoms with Gasteiger partial charge in [0, 0.05) is 26.2 Å². The van der Waals surface area contributed by atoms with Crippen LogP contribution in [0, 0.1) is 5.82 Å². The van der Waals surface area contributed by atoms with Crippen molar-refractivity contribution in [1.29, 1.82) is 0 Å². The molecule has 2 aliphatic rings. The van der Waals surface area contributed by atoms with E-state index in [-0.39, 0.29) is 18.1 Å². The molecule has 1 fully saturated rings. The molecule has 2 heterocycles. The first-order valence-electron chi connectivity index (χ1n) is 9.32. The number of nitrogens with zero attached hydrogens (tertiary/aromatic N) is 4. The molecule has 0 bridgehead atoms. The van der Waals surface area contributed by atoms with Crippen molar-refractivity contribution in [2.75, 3.05) is 31.1 Å². The Bertz CT molecular complexity index is 802. The van der Waals surface area contributed by atoms with E-state index < -0.39 is 0 Å². The van der Waals surface area contributed by atoms with Gasteiger partial charge in [0.2, 0.25) is 5.91 Å². The van der Waals surface area contributed by atoms with Crippen LogP contribution in [0.4, 0.5) is 10.2 Å². The summed E-state index contributed by atoms with van der Waals surface area (Å²) in [6.45, 7) is 2.82. The standard InChI is InChI=1S/C20H23FN4O/c21-17-6-3-4-15(12-17)13-20(26)25-10-8-24(9-11-25)19-14-16-5-1-2-7-18(16)22-23-19/h3-4,6,12,14H,1-2,5,7-11,13H2. The SMILES string of the molecule is O=C(Cc1cccc(F)c1)N1CCN(c2cc3c(nn2)CCCC3)CC1. The molecule has 0 atom stereocenters. The second kappa shape index (κ2) is 7.40. The van der Waals surface area contributed by atoms with E-state index in [4.69, 9.17) is 0 Å². The fourth-order valence-electron chi connectivity index (χ4n) is 3.75. The maximum atomic E-state index is 13.3. The van der Waals surface area contributed by atoms with Gasteiger partial charge in [-0.3, -0.25) is 4.79 Å². The highest BCUT2D eigenvalue weighted by atomic mass is 19.1. The average Bonchev–Trinajstić information content (AvgIpc) is 2.68. The second-order valence-electron chi connectivity index (χ2n) is 7.06. The van der Waals surface area contributed by atoms with Crippen LogP contribution in [0.1, 0.15) is 29.7 Å². The largest absolute Gasteiger partial charge is 0.352 e. The molecule has 1 aliphatic heterocycles. The molecule has 1 saturated heterocycles. The summed E-state index contributed by atoms with van der Waals surface area (Å²) in [5, 5.41) is 8.80. The van der Waals surface area contributed by atoms with Gasteiger partial charge in [0.1, 0.15) is 5.82 Å². The van der Waals surface area contributed by atoms with Gasteiger partial charge in [0.25, 0.3) is 0 Å².